The molecule has 0 saturated heterocycles. The Morgan fingerprint density at radius 3 is 0.957 bits per heavy atom. The van der Waals surface area contributed by atoms with Crippen molar-refractivity contribution < 1.29 is 0 Å². The summed E-state index contributed by atoms with van der Waals surface area (Å²) in [6, 6.07) is 77.8. The summed E-state index contributed by atoms with van der Waals surface area (Å²) in [5.74, 6) is 3.74. The molecule has 324 valence electrons. The molecule has 69 heavy (non-hydrogen) atoms. The first-order valence-electron chi connectivity index (χ1n) is 23.0. The minimum absolute atomic E-state index is 0.609. The summed E-state index contributed by atoms with van der Waals surface area (Å²) >= 11 is 0. The summed E-state index contributed by atoms with van der Waals surface area (Å²) in [5.41, 5.74) is 13.1. The van der Waals surface area contributed by atoms with E-state index in [9.17, 15) is 0 Å². The fourth-order valence-electron chi connectivity index (χ4n) is 9.63. The summed E-state index contributed by atoms with van der Waals surface area (Å²) in [7, 11) is 0. The minimum atomic E-state index is 0.609. The molecule has 0 aliphatic rings. The van der Waals surface area contributed by atoms with Gasteiger partial charge in [0.2, 0.25) is 0 Å². The van der Waals surface area contributed by atoms with Crippen molar-refractivity contribution in [3.05, 3.63) is 230 Å². The van der Waals surface area contributed by atoms with Gasteiger partial charge >= 0.3 is 0 Å². The highest BCUT2D eigenvalue weighted by atomic mass is 15.1. The molecule has 9 aromatic carbocycles. The van der Waals surface area contributed by atoms with Crippen molar-refractivity contribution in [3.63, 3.8) is 0 Å². The number of hydrogen-bond acceptors (Lipinski definition) is 6. The van der Waals surface area contributed by atoms with Gasteiger partial charge in [-0.1, -0.05) is 175 Å². The fourth-order valence-corrected chi connectivity index (χ4v) is 9.63. The Morgan fingerprint density at radius 1 is 0.246 bits per heavy atom. The number of fused-ring (bicyclic) bond motifs is 6. The molecule has 0 N–H and O–H groups in total. The molecule has 8 heteroatoms. The first-order valence-corrected chi connectivity index (χ1v) is 23.0. The van der Waals surface area contributed by atoms with Crippen LogP contribution >= 0.6 is 0 Å². The molecule has 0 saturated carbocycles. The van der Waals surface area contributed by atoms with Gasteiger partial charge in [0.25, 0.3) is 0 Å². The van der Waals surface area contributed by atoms with Crippen LogP contribution in [0.2, 0.25) is 0 Å². The van der Waals surface area contributed by atoms with Crippen LogP contribution in [0.3, 0.4) is 0 Å². The number of nitrogens with zero attached hydrogens (tertiary/aromatic N) is 8. The first kappa shape index (κ1) is 39.9. The van der Waals surface area contributed by atoms with E-state index in [-0.39, 0.29) is 0 Å². The van der Waals surface area contributed by atoms with E-state index in [2.05, 4.69) is 143 Å². The van der Waals surface area contributed by atoms with E-state index >= 15 is 0 Å². The van der Waals surface area contributed by atoms with Crippen LogP contribution in [0.25, 0.3) is 123 Å². The predicted molar refractivity (Wildman–Crippen MR) is 279 cm³/mol. The average molecular weight is 885 g/mol. The Morgan fingerprint density at radius 2 is 0.565 bits per heavy atom. The second-order valence-electron chi connectivity index (χ2n) is 17.3. The summed E-state index contributed by atoms with van der Waals surface area (Å²) in [6.45, 7) is 2.09. The minimum Gasteiger partial charge on any atom is -0.309 e. The van der Waals surface area contributed by atoms with Gasteiger partial charge in [0, 0.05) is 66.3 Å². The Balaban J connectivity index is 0.977. The summed E-state index contributed by atoms with van der Waals surface area (Å²) in [5, 5.41) is 4.61. The van der Waals surface area contributed by atoms with Gasteiger partial charge in [-0.15, -0.1) is 0 Å². The Kier molecular flexibility index (Phi) is 9.54. The first-order chi connectivity index (χ1) is 34.1. The molecule has 4 aromatic heterocycles. The molecule has 0 fully saturated rings. The van der Waals surface area contributed by atoms with Gasteiger partial charge in [-0.25, -0.2) is 29.9 Å². The van der Waals surface area contributed by atoms with Crippen LogP contribution in [0.5, 0.6) is 0 Å². The highest BCUT2D eigenvalue weighted by molar-refractivity contribution is 6.19. The van der Waals surface area contributed by atoms with Crippen LogP contribution in [0, 0.1) is 6.92 Å². The number of benzene rings is 9. The van der Waals surface area contributed by atoms with Gasteiger partial charge in [-0.2, -0.15) is 0 Å². The normalized spacial score (nSPS) is 11.6. The molecule has 4 heterocycles. The van der Waals surface area contributed by atoms with Crippen molar-refractivity contribution in [1.29, 1.82) is 0 Å². The predicted octanol–water partition coefficient (Wildman–Crippen LogP) is 14.6. The molecule has 0 aliphatic heterocycles. The Labute approximate surface area is 397 Å². The van der Waals surface area contributed by atoms with Gasteiger partial charge in [0.15, 0.2) is 34.9 Å². The van der Waals surface area contributed by atoms with Gasteiger partial charge in [-0.05, 0) is 61.5 Å². The maximum atomic E-state index is 5.11. The van der Waals surface area contributed by atoms with Gasteiger partial charge in [-0.3, -0.25) is 0 Å². The molecule has 0 atom stereocenters. The SMILES string of the molecule is Cc1cccc(-c2nc(-c3ccccc3)nc(-c3cccc(-n4c5ccccc5c5cc6c(cc54)c4ccccc4n6-c4cccc(-c5nc(-c6ccccc6)nc(-c6ccccc6)n5)c4)c3)n2)c1. The molecule has 0 amide bonds. The number of rotatable bonds is 8. The molecule has 0 spiro atoms. The van der Waals surface area contributed by atoms with Crippen LogP contribution in [0.4, 0.5) is 0 Å². The molecular weight excluding hydrogens is 845 g/mol. The number of aryl methyl sites for hydroxylation is 1. The fraction of sp³-hybridized carbons (Fsp3) is 0.0164. The number of hydrogen-bond donors (Lipinski definition) is 0. The molecule has 0 aliphatic carbocycles. The maximum absolute atomic E-state index is 5.11. The van der Waals surface area contributed by atoms with Crippen molar-refractivity contribution in [2.75, 3.05) is 0 Å². The Bertz CT molecular complexity index is 4030. The molecule has 8 nitrogen and oxygen atoms in total. The highest BCUT2D eigenvalue weighted by Crippen LogP contribution is 2.41. The quantitative estimate of drug-likeness (QED) is 0.151. The summed E-state index contributed by atoms with van der Waals surface area (Å²) in [6.07, 6.45) is 0. The molecule has 13 rings (SSSR count). The standard InChI is InChI=1S/C61H40N8/c1-39-18-15-25-43(34-39)59-63-58(42-23-9-4-10-24-42)66-61(67-59)45-27-17-29-47(36-45)69-53-33-14-12-31-49(53)51-37-54-50(38-55(51)69)48-30-11-13-32-52(48)68(54)46-28-16-26-44(35-46)60-64-56(40-19-5-2-6-20-40)62-57(65-60)41-21-7-3-8-22-41/h2-38H,1H3. The summed E-state index contributed by atoms with van der Waals surface area (Å²) < 4.78 is 4.74. The molecule has 0 bridgehead atoms. The smallest absolute Gasteiger partial charge is 0.164 e. The van der Waals surface area contributed by atoms with Crippen LogP contribution in [-0.2, 0) is 0 Å². The summed E-state index contributed by atoms with van der Waals surface area (Å²) in [4.78, 5) is 30.3. The van der Waals surface area contributed by atoms with Crippen molar-refractivity contribution in [2.24, 2.45) is 0 Å². The third-order valence-corrected chi connectivity index (χ3v) is 12.8. The van der Waals surface area contributed by atoms with E-state index < -0.39 is 0 Å². The van der Waals surface area contributed by atoms with E-state index in [1.165, 1.54) is 0 Å². The van der Waals surface area contributed by atoms with Crippen molar-refractivity contribution in [1.82, 2.24) is 39.0 Å². The lowest BCUT2D eigenvalue weighted by Crippen LogP contribution is -2.01. The van der Waals surface area contributed by atoms with Crippen molar-refractivity contribution >= 4 is 43.6 Å². The van der Waals surface area contributed by atoms with E-state index in [0.717, 1.165) is 93.9 Å². The monoisotopic (exact) mass is 884 g/mol. The second kappa shape index (κ2) is 16.5. The lowest BCUT2D eigenvalue weighted by Gasteiger charge is -2.12. The zero-order valence-electron chi connectivity index (χ0n) is 37.4. The number of para-hydroxylation sites is 2. The van der Waals surface area contributed by atoms with Gasteiger partial charge < -0.3 is 9.13 Å². The number of aromatic nitrogens is 8. The van der Waals surface area contributed by atoms with E-state index in [1.54, 1.807) is 0 Å². The largest absolute Gasteiger partial charge is 0.309 e. The van der Waals surface area contributed by atoms with Crippen LogP contribution in [0.1, 0.15) is 5.56 Å². The van der Waals surface area contributed by atoms with E-state index in [0.29, 0.717) is 34.9 Å². The second-order valence-corrected chi connectivity index (χ2v) is 17.3. The van der Waals surface area contributed by atoms with Gasteiger partial charge in [0.05, 0.1) is 22.1 Å². The van der Waals surface area contributed by atoms with E-state index in [4.69, 9.17) is 29.9 Å². The lowest BCUT2D eigenvalue weighted by molar-refractivity contribution is 1.07. The molecule has 0 unspecified atom stereocenters. The lowest BCUT2D eigenvalue weighted by atomic mass is 10.1. The molecular formula is C61H40N8. The zero-order chi connectivity index (χ0) is 45.8. The van der Waals surface area contributed by atoms with Crippen molar-refractivity contribution in [2.45, 2.75) is 6.92 Å². The van der Waals surface area contributed by atoms with Crippen LogP contribution in [0.15, 0.2) is 224 Å². The molecule has 13 aromatic rings. The van der Waals surface area contributed by atoms with Gasteiger partial charge in [0.1, 0.15) is 0 Å². The zero-order valence-corrected chi connectivity index (χ0v) is 37.4. The molecule has 0 radical (unpaired) electrons. The highest BCUT2D eigenvalue weighted by Gasteiger charge is 2.21. The van der Waals surface area contributed by atoms with E-state index in [1.807, 2.05) is 97.1 Å². The third kappa shape index (κ3) is 7.10. The Hall–Kier alpha value is -9.40. The average Bonchev–Trinajstić information content (AvgIpc) is 3.92. The van der Waals surface area contributed by atoms with Crippen LogP contribution in [-0.4, -0.2) is 39.0 Å². The maximum Gasteiger partial charge on any atom is 0.164 e. The third-order valence-electron chi connectivity index (χ3n) is 12.8. The van der Waals surface area contributed by atoms with Crippen LogP contribution < -0.4 is 0 Å². The topological polar surface area (TPSA) is 87.2 Å². The van der Waals surface area contributed by atoms with Crippen molar-refractivity contribution in [3.8, 4) is 79.7 Å².